The molecule has 1 heterocycles. The molecule has 0 unspecified atom stereocenters. The summed E-state index contributed by atoms with van der Waals surface area (Å²) in [6, 6.07) is 17.2. The van der Waals surface area contributed by atoms with E-state index < -0.39 is 12.1 Å². The fraction of sp³-hybridized carbons (Fsp3) is 0.409. The molecule has 0 aliphatic carbocycles. The fourth-order valence-corrected chi connectivity index (χ4v) is 3.41. The van der Waals surface area contributed by atoms with Gasteiger partial charge in [0.15, 0.2) is 0 Å². The molecule has 150 valence electrons. The fourth-order valence-electron chi connectivity index (χ4n) is 3.41. The molecule has 0 radical (unpaired) electrons. The van der Waals surface area contributed by atoms with Crippen LogP contribution in [0.4, 0.5) is 0 Å². The van der Waals surface area contributed by atoms with Crippen molar-refractivity contribution in [1.29, 1.82) is 0 Å². The van der Waals surface area contributed by atoms with Crippen LogP contribution in [0.25, 0.3) is 0 Å². The van der Waals surface area contributed by atoms with Crippen LogP contribution in [0.5, 0.6) is 5.75 Å². The van der Waals surface area contributed by atoms with Crippen LogP contribution in [0.1, 0.15) is 28.8 Å². The van der Waals surface area contributed by atoms with Crippen LogP contribution in [0.2, 0.25) is 0 Å². The van der Waals surface area contributed by atoms with E-state index in [0.717, 1.165) is 32.5 Å². The molecule has 1 saturated heterocycles. The summed E-state index contributed by atoms with van der Waals surface area (Å²) < 4.78 is 5.52. The van der Waals surface area contributed by atoms with Gasteiger partial charge in [-0.2, -0.15) is 0 Å². The van der Waals surface area contributed by atoms with Crippen LogP contribution in [-0.4, -0.2) is 59.5 Å². The van der Waals surface area contributed by atoms with Crippen molar-refractivity contribution in [1.82, 2.24) is 10.2 Å². The van der Waals surface area contributed by atoms with Gasteiger partial charge in [0, 0.05) is 19.1 Å². The number of nitrogens with one attached hydrogen (secondary N) is 1. The Morgan fingerprint density at radius 3 is 2.61 bits per heavy atom. The number of nitrogens with zero attached hydrogens (tertiary/aromatic N) is 1. The Balaban J connectivity index is 1.33. The van der Waals surface area contributed by atoms with Crippen LogP contribution in [-0.2, 0) is 6.54 Å². The zero-order valence-electron chi connectivity index (χ0n) is 16.0. The van der Waals surface area contributed by atoms with Gasteiger partial charge in [0.2, 0.25) is 0 Å². The third-order valence-corrected chi connectivity index (χ3v) is 5.00. The second kappa shape index (κ2) is 10.2. The average Bonchev–Trinajstić information content (AvgIpc) is 2.73. The molecule has 0 amide bonds. The summed E-state index contributed by atoms with van der Waals surface area (Å²) >= 11 is 0. The van der Waals surface area contributed by atoms with E-state index in [2.05, 4.69) is 34.5 Å². The van der Waals surface area contributed by atoms with Crippen LogP contribution in [0, 0.1) is 0 Å². The van der Waals surface area contributed by atoms with Crippen LogP contribution in [0.3, 0.4) is 0 Å². The number of aliphatic hydroxyl groups is 1. The van der Waals surface area contributed by atoms with Crippen molar-refractivity contribution in [3.05, 3.63) is 65.7 Å². The zero-order chi connectivity index (χ0) is 19.8. The van der Waals surface area contributed by atoms with Crippen molar-refractivity contribution in [2.75, 3.05) is 26.2 Å². The van der Waals surface area contributed by atoms with Crippen LogP contribution < -0.4 is 10.1 Å². The highest BCUT2D eigenvalue weighted by molar-refractivity contribution is 5.87. The molecule has 1 atom stereocenters. The standard InChI is InChI=1S/C22H28N2O4/c25-20(16-28-21-8-4-7-18(13-21)22(26)27)14-23-19-9-11-24(12-10-19)15-17-5-2-1-3-6-17/h1-8,13,19-20,23,25H,9-12,14-16H2,(H,26,27)/t20-/m1/s1. The summed E-state index contributed by atoms with van der Waals surface area (Å²) in [4.78, 5) is 13.4. The second-order valence-corrected chi connectivity index (χ2v) is 7.24. The van der Waals surface area contributed by atoms with Gasteiger partial charge in [-0.15, -0.1) is 0 Å². The number of aromatic carboxylic acids is 1. The number of carboxylic acids is 1. The van der Waals surface area contributed by atoms with Gasteiger partial charge in [0.1, 0.15) is 18.5 Å². The van der Waals surface area contributed by atoms with Gasteiger partial charge in [-0.1, -0.05) is 36.4 Å². The summed E-state index contributed by atoms with van der Waals surface area (Å²) in [6.07, 6.45) is 1.47. The maximum atomic E-state index is 11.0. The maximum absolute atomic E-state index is 11.0. The largest absolute Gasteiger partial charge is 0.491 e. The SMILES string of the molecule is O=C(O)c1cccc(OC[C@H](O)CNC2CCN(Cc3ccccc3)CC2)c1. The monoisotopic (exact) mass is 384 g/mol. The Morgan fingerprint density at radius 2 is 1.89 bits per heavy atom. The van der Waals surface area contributed by atoms with Gasteiger partial charge in [-0.3, -0.25) is 4.90 Å². The molecule has 3 rings (SSSR count). The average molecular weight is 384 g/mol. The molecule has 2 aromatic carbocycles. The molecule has 3 N–H and O–H groups in total. The van der Waals surface area contributed by atoms with E-state index in [1.807, 2.05) is 6.07 Å². The molecule has 0 spiro atoms. The summed E-state index contributed by atoms with van der Waals surface area (Å²) in [5.74, 6) is -0.542. The smallest absolute Gasteiger partial charge is 0.335 e. The topological polar surface area (TPSA) is 82.0 Å². The van der Waals surface area contributed by atoms with E-state index in [1.165, 1.54) is 17.7 Å². The third kappa shape index (κ3) is 6.34. The number of hydrogen-bond acceptors (Lipinski definition) is 5. The van der Waals surface area contributed by atoms with Crippen molar-refractivity contribution >= 4 is 5.97 Å². The van der Waals surface area contributed by atoms with Crippen molar-refractivity contribution in [2.24, 2.45) is 0 Å². The van der Waals surface area contributed by atoms with Crippen LogP contribution >= 0.6 is 0 Å². The van der Waals surface area contributed by atoms with E-state index in [1.54, 1.807) is 12.1 Å². The first-order chi connectivity index (χ1) is 13.6. The van der Waals surface area contributed by atoms with Gasteiger partial charge in [0.25, 0.3) is 0 Å². The number of aliphatic hydroxyl groups excluding tert-OH is 1. The second-order valence-electron chi connectivity index (χ2n) is 7.24. The predicted molar refractivity (Wildman–Crippen MR) is 108 cm³/mol. The number of ether oxygens (including phenoxy) is 1. The highest BCUT2D eigenvalue weighted by atomic mass is 16.5. The Labute approximate surface area is 165 Å². The van der Waals surface area contributed by atoms with E-state index in [0.29, 0.717) is 18.3 Å². The zero-order valence-corrected chi connectivity index (χ0v) is 16.0. The van der Waals surface area contributed by atoms with Gasteiger partial charge in [-0.05, 0) is 49.7 Å². The van der Waals surface area contributed by atoms with Crippen molar-refractivity contribution in [3.8, 4) is 5.75 Å². The lowest BCUT2D eigenvalue weighted by atomic mass is 10.0. The van der Waals surface area contributed by atoms with Crippen LogP contribution in [0.15, 0.2) is 54.6 Å². The minimum Gasteiger partial charge on any atom is -0.491 e. The molecule has 1 aliphatic rings. The van der Waals surface area contributed by atoms with Crippen molar-refractivity contribution < 1.29 is 19.7 Å². The minimum absolute atomic E-state index is 0.128. The van der Waals surface area contributed by atoms with Gasteiger partial charge < -0.3 is 20.3 Å². The number of carbonyl (C=O) groups is 1. The molecular weight excluding hydrogens is 356 g/mol. The number of benzene rings is 2. The highest BCUT2D eigenvalue weighted by Gasteiger charge is 2.19. The number of rotatable bonds is 9. The molecule has 2 aromatic rings. The number of likely N-dealkylation sites (tertiary alicyclic amines) is 1. The Morgan fingerprint density at radius 1 is 1.14 bits per heavy atom. The van der Waals surface area contributed by atoms with E-state index in [-0.39, 0.29) is 12.2 Å². The van der Waals surface area contributed by atoms with E-state index in [9.17, 15) is 9.90 Å². The maximum Gasteiger partial charge on any atom is 0.335 e. The Kier molecular flexibility index (Phi) is 7.42. The summed E-state index contributed by atoms with van der Waals surface area (Å²) in [6.45, 7) is 3.66. The quantitative estimate of drug-likeness (QED) is 0.616. The molecule has 0 aromatic heterocycles. The molecule has 1 fully saturated rings. The third-order valence-electron chi connectivity index (χ3n) is 5.00. The lowest BCUT2D eigenvalue weighted by Gasteiger charge is -2.33. The molecule has 28 heavy (non-hydrogen) atoms. The lowest BCUT2D eigenvalue weighted by Crippen LogP contribution is -2.45. The normalized spacial score (nSPS) is 16.6. The Hall–Kier alpha value is -2.41. The van der Waals surface area contributed by atoms with Gasteiger partial charge >= 0.3 is 5.97 Å². The van der Waals surface area contributed by atoms with E-state index in [4.69, 9.17) is 9.84 Å². The Bertz CT molecular complexity index is 745. The first kappa shape index (κ1) is 20.3. The van der Waals surface area contributed by atoms with Crippen molar-refractivity contribution in [2.45, 2.75) is 31.5 Å². The first-order valence-electron chi connectivity index (χ1n) is 9.74. The molecule has 6 heteroatoms. The number of piperidine rings is 1. The molecule has 0 saturated carbocycles. The molecular formula is C22H28N2O4. The van der Waals surface area contributed by atoms with Gasteiger partial charge in [0.05, 0.1) is 5.56 Å². The van der Waals surface area contributed by atoms with Gasteiger partial charge in [-0.25, -0.2) is 4.79 Å². The lowest BCUT2D eigenvalue weighted by molar-refractivity contribution is 0.0696. The van der Waals surface area contributed by atoms with Crippen molar-refractivity contribution in [3.63, 3.8) is 0 Å². The number of hydrogen-bond donors (Lipinski definition) is 3. The van der Waals surface area contributed by atoms with E-state index >= 15 is 0 Å². The molecule has 0 bridgehead atoms. The summed E-state index contributed by atoms with van der Waals surface area (Å²) in [5.41, 5.74) is 1.51. The predicted octanol–water partition coefficient (Wildman–Crippen LogP) is 2.38. The summed E-state index contributed by atoms with van der Waals surface area (Å²) in [5, 5.41) is 22.6. The molecule has 1 aliphatic heterocycles. The highest BCUT2D eigenvalue weighted by Crippen LogP contribution is 2.15. The summed E-state index contributed by atoms with van der Waals surface area (Å²) in [7, 11) is 0. The first-order valence-corrected chi connectivity index (χ1v) is 9.74. The minimum atomic E-state index is -0.994. The number of carboxylic acid groups (broad SMARTS) is 1. The molecule has 6 nitrogen and oxygen atoms in total.